The van der Waals surface area contributed by atoms with Crippen LogP contribution in [0.25, 0.3) is 0 Å². The Kier molecular flexibility index (Phi) is 5.27. The lowest BCUT2D eigenvalue weighted by Crippen LogP contribution is -2.11. The highest BCUT2D eigenvalue weighted by molar-refractivity contribution is 7.12. The third kappa shape index (κ3) is 4.32. The van der Waals surface area contributed by atoms with Crippen LogP contribution in [0.5, 0.6) is 0 Å². The highest BCUT2D eigenvalue weighted by Gasteiger charge is 2.12. The third-order valence-corrected chi connectivity index (χ3v) is 5.47. The van der Waals surface area contributed by atoms with Crippen LogP contribution in [-0.4, -0.2) is 25.5 Å². The standard InChI is InChI=1S/C20H18ClN5OS/c1-14-4-2-3-5-16(14)11-25-7-6-19(24-25)23-20(27)18-8-15(13-28-18)10-26-12-17(21)9-22-26/h2-9,12-13H,10-11H2,1H3,(H,23,24,27). The fourth-order valence-corrected chi connectivity index (χ4v) is 3.80. The van der Waals surface area contributed by atoms with Crippen LogP contribution < -0.4 is 5.32 Å². The molecule has 142 valence electrons. The summed E-state index contributed by atoms with van der Waals surface area (Å²) >= 11 is 7.27. The van der Waals surface area contributed by atoms with Crippen molar-refractivity contribution in [3.05, 3.63) is 87.0 Å². The van der Waals surface area contributed by atoms with Gasteiger partial charge in [-0.2, -0.15) is 10.2 Å². The third-order valence-electron chi connectivity index (χ3n) is 4.30. The van der Waals surface area contributed by atoms with Crippen molar-refractivity contribution in [3.63, 3.8) is 0 Å². The van der Waals surface area contributed by atoms with Gasteiger partial charge < -0.3 is 5.32 Å². The van der Waals surface area contributed by atoms with E-state index in [2.05, 4.69) is 34.6 Å². The lowest BCUT2D eigenvalue weighted by atomic mass is 10.1. The molecule has 4 rings (SSSR count). The molecule has 1 aromatic carbocycles. The minimum absolute atomic E-state index is 0.170. The molecule has 0 aliphatic carbocycles. The molecule has 0 aliphatic heterocycles. The summed E-state index contributed by atoms with van der Waals surface area (Å²) in [6.07, 6.45) is 5.21. The predicted molar refractivity (Wildman–Crippen MR) is 111 cm³/mol. The highest BCUT2D eigenvalue weighted by Crippen LogP contribution is 2.18. The van der Waals surface area contributed by atoms with Gasteiger partial charge in [0.05, 0.1) is 29.2 Å². The predicted octanol–water partition coefficient (Wildman–Crippen LogP) is 4.45. The van der Waals surface area contributed by atoms with Crippen molar-refractivity contribution < 1.29 is 4.79 Å². The molecule has 1 amide bonds. The van der Waals surface area contributed by atoms with E-state index in [0.29, 0.717) is 28.8 Å². The minimum atomic E-state index is -0.170. The largest absolute Gasteiger partial charge is 0.304 e. The zero-order chi connectivity index (χ0) is 19.5. The lowest BCUT2D eigenvalue weighted by Gasteiger charge is -2.05. The molecule has 4 aromatic rings. The molecule has 3 heterocycles. The summed E-state index contributed by atoms with van der Waals surface area (Å²) in [5, 5.41) is 14.0. The molecule has 0 saturated carbocycles. The number of aryl methyl sites for hydroxylation is 1. The molecule has 0 unspecified atom stereocenters. The van der Waals surface area contributed by atoms with Crippen molar-refractivity contribution in [3.8, 4) is 0 Å². The van der Waals surface area contributed by atoms with E-state index < -0.39 is 0 Å². The van der Waals surface area contributed by atoms with E-state index in [1.54, 1.807) is 23.1 Å². The van der Waals surface area contributed by atoms with Gasteiger partial charge in [0, 0.05) is 18.5 Å². The van der Waals surface area contributed by atoms with Crippen LogP contribution in [0, 0.1) is 6.92 Å². The number of benzene rings is 1. The fraction of sp³-hybridized carbons (Fsp3) is 0.150. The van der Waals surface area contributed by atoms with E-state index in [4.69, 9.17) is 11.6 Å². The molecule has 0 atom stereocenters. The van der Waals surface area contributed by atoms with Gasteiger partial charge in [-0.3, -0.25) is 14.2 Å². The number of thiophene rings is 1. The Morgan fingerprint density at radius 2 is 2.07 bits per heavy atom. The SMILES string of the molecule is Cc1ccccc1Cn1ccc(NC(=O)c2cc(Cn3cc(Cl)cn3)cs2)n1. The first-order valence-electron chi connectivity index (χ1n) is 8.71. The second-order valence-electron chi connectivity index (χ2n) is 6.45. The van der Waals surface area contributed by atoms with Gasteiger partial charge in [-0.25, -0.2) is 0 Å². The maximum atomic E-state index is 12.5. The van der Waals surface area contributed by atoms with Gasteiger partial charge in [-0.1, -0.05) is 35.9 Å². The van der Waals surface area contributed by atoms with E-state index in [1.165, 1.54) is 22.5 Å². The number of hydrogen-bond donors (Lipinski definition) is 1. The average Bonchev–Trinajstić information content (AvgIpc) is 3.40. The molecule has 3 aromatic heterocycles. The molecule has 8 heteroatoms. The normalized spacial score (nSPS) is 10.9. The maximum Gasteiger partial charge on any atom is 0.266 e. The number of aromatic nitrogens is 4. The van der Waals surface area contributed by atoms with Crippen molar-refractivity contribution in [2.75, 3.05) is 5.32 Å². The molecule has 0 fully saturated rings. The van der Waals surface area contributed by atoms with Crippen molar-refractivity contribution in [2.45, 2.75) is 20.0 Å². The Hall–Kier alpha value is -2.90. The minimum Gasteiger partial charge on any atom is -0.304 e. The number of nitrogens with zero attached hydrogens (tertiary/aromatic N) is 4. The number of amides is 1. The summed E-state index contributed by atoms with van der Waals surface area (Å²) < 4.78 is 3.55. The summed E-state index contributed by atoms with van der Waals surface area (Å²) in [4.78, 5) is 13.1. The summed E-state index contributed by atoms with van der Waals surface area (Å²) in [5.41, 5.74) is 3.42. The summed E-state index contributed by atoms with van der Waals surface area (Å²) in [6, 6.07) is 11.8. The topological polar surface area (TPSA) is 64.7 Å². The van der Waals surface area contributed by atoms with E-state index in [9.17, 15) is 4.79 Å². The molecule has 6 nitrogen and oxygen atoms in total. The summed E-state index contributed by atoms with van der Waals surface area (Å²) in [7, 11) is 0. The number of carbonyl (C=O) groups is 1. The van der Waals surface area contributed by atoms with Crippen LogP contribution in [0.4, 0.5) is 5.82 Å². The Labute approximate surface area is 171 Å². The fourth-order valence-electron chi connectivity index (χ4n) is 2.85. The zero-order valence-corrected chi connectivity index (χ0v) is 16.7. The molecule has 1 N–H and O–H groups in total. The smallest absolute Gasteiger partial charge is 0.266 e. The first kappa shape index (κ1) is 18.5. The monoisotopic (exact) mass is 411 g/mol. The molecule has 0 aliphatic rings. The Morgan fingerprint density at radius 3 is 2.86 bits per heavy atom. The summed E-state index contributed by atoms with van der Waals surface area (Å²) in [5.74, 6) is 0.364. The molecular formula is C20H18ClN5OS. The molecule has 0 saturated heterocycles. The molecule has 0 radical (unpaired) electrons. The number of hydrogen-bond acceptors (Lipinski definition) is 4. The van der Waals surface area contributed by atoms with Gasteiger partial charge in [0.2, 0.25) is 0 Å². The number of anilines is 1. The Morgan fingerprint density at radius 1 is 1.21 bits per heavy atom. The lowest BCUT2D eigenvalue weighted by molar-refractivity contribution is 0.103. The van der Waals surface area contributed by atoms with Crippen molar-refractivity contribution in [2.24, 2.45) is 0 Å². The first-order chi connectivity index (χ1) is 13.6. The van der Waals surface area contributed by atoms with Gasteiger partial charge in [0.25, 0.3) is 5.91 Å². The zero-order valence-electron chi connectivity index (χ0n) is 15.2. The van der Waals surface area contributed by atoms with E-state index in [-0.39, 0.29) is 5.91 Å². The quantitative estimate of drug-likeness (QED) is 0.509. The van der Waals surface area contributed by atoms with Crippen molar-refractivity contribution in [1.29, 1.82) is 0 Å². The molecule has 28 heavy (non-hydrogen) atoms. The van der Waals surface area contributed by atoms with Crippen LogP contribution >= 0.6 is 22.9 Å². The van der Waals surface area contributed by atoms with Gasteiger partial charge in [-0.05, 0) is 35.1 Å². The van der Waals surface area contributed by atoms with Gasteiger partial charge in [0.15, 0.2) is 5.82 Å². The second kappa shape index (κ2) is 8.00. The van der Waals surface area contributed by atoms with Crippen LogP contribution in [-0.2, 0) is 13.1 Å². The molecular weight excluding hydrogens is 394 g/mol. The van der Waals surface area contributed by atoms with Gasteiger partial charge in [0.1, 0.15) is 0 Å². The van der Waals surface area contributed by atoms with Gasteiger partial charge >= 0.3 is 0 Å². The van der Waals surface area contributed by atoms with Crippen molar-refractivity contribution >= 4 is 34.7 Å². The van der Waals surface area contributed by atoms with E-state index in [1.807, 2.05) is 34.5 Å². The highest BCUT2D eigenvalue weighted by atomic mass is 35.5. The van der Waals surface area contributed by atoms with Crippen molar-refractivity contribution in [1.82, 2.24) is 19.6 Å². The second-order valence-corrected chi connectivity index (χ2v) is 7.80. The van der Waals surface area contributed by atoms with Crippen LogP contribution in [0.3, 0.4) is 0 Å². The molecule has 0 spiro atoms. The van der Waals surface area contributed by atoms with Crippen LogP contribution in [0.2, 0.25) is 5.02 Å². The Balaban J connectivity index is 1.39. The van der Waals surface area contributed by atoms with Crippen LogP contribution in [0.15, 0.2) is 60.4 Å². The average molecular weight is 412 g/mol. The molecule has 0 bridgehead atoms. The van der Waals surface area contributed by atoms with Crippen LogP contribution in [0.1, 0.15) is 26.4 Å². The Bertz CT molecular complexity index is 1110. The first-order valence-corrected chi connectivity index (χ1v) is 9.97. The number of halogens is 1. The number of rotatable bonds is 6. The maximum absolute atomic E-state index is 12.5. The number of carbonyl (C=O) groups excluding carboxylic acids is 1. The number of nitrogens with one attached hydrogen (secondary N) is 1. The summed E-state index contributed by atoms with van der Waals surface area (Å²) in [6.45, 7) is 3.31. The van der Waals surface area contributed by atoms with Gasteiger partial charge in [-0.15, -0.1) is 11.3 Å². The van der Waals surface area contributed by atoms with E-state index >= 15 is 0 Å². The van der Waals surface area contributed by atoms with E-state index in [0.717, 1.165) is 5.56 Å².